The average molecular weight is 512 g/mol. The Morgan fingerprint density at radius 2 is 1.90 bits per heavy atom. The number of aromatic nitrogens is 2. The highest BCUT2D eigenvalue weighted by Gasteiger charge is 2.23. The van der Waals surface area contributed by atoms with Gasteiger partial charge >= 0.3 is 6.09 Å². The minimum Gasteiger partial charge on any atom is -0.450 e. The van der Waals surface area contributed by atoms with E-state index >= 15 is 0 Å². The van der Waals surface area contributed by atoms with Crippen LogP contribution >= 0.6 is 24.0 Å². The zero-order chi connectivity index (χ0) is 19.8. The molecule has 1 N–H and O–H groups in total. The van der Waals surface area contributed by atoms with Gasteiger partial charge in [-0.2, -0.15) is 0 Å². The number of para-hydroxylation sites is 1. The molecule has 1 aliphatic rings. The molecule has 8 nitrogen and oxygen atoms in total. The molecule has 1 aromatic heterocycles. The summed E-state index contributed by atoms with van der Waals surface area (Å²) in [7, 11) is 0. The number of hydrogen-bond donors (Lipinski definition) is 1. The number of amides is 1. The predicted molar refractivity (Wildman–Crippen MR) is 124 cm³/mol. The van der Waals surface area contributed by atoms with Gasteiger partial charge in [-0.15, -0.1) is 24.0 Å². The monoisotopic (exact) mass is 512 g/mol. The molecule has 1 amide bonds. The molecular formula is C20H29IN6O2. The van der Waals surface area contributed by atoms with Crippen LogP contribution in [0.1, 0.15) is 19.4 Å². The van der Waals surface area contributed by atoms with E-state index in [1.807, 2.05) is 29.8 Å². The number of nitrogens with one attached hydrogen (secondary N) is 1. The second-order valence-corrected chi connectivity index (χ2v) is 6.44. The standard InChI is InChI=1S/C20H28N6O2.HI/c1-3-22-19(24-11-13-25(14-12-24)20(27)28-4-2)23-15-17-7-5-6-8-18(17)26-10-9-21-16-26;/h5-10,16H,3-4,11-15H2,1-2H3,(H,22,23);1H. The number of hydrogen-bond acceptors (Lipinski definition) is 4. The first-order valence-electron chi connectivity index (χ1n) is 9.74. The number of carbonyl (C=O) groups excluding carboxylic acids is 1. The third-order valence-electron chi connectivity index (χ3n) is 4.61. The Labute approximate surface area is 189 Å². The molecule has 2 heterocycles. The number of nitrogens with zero attached hydrogens (tertiary/aromatic N) is 5. The number of guanidine groups is 1. The van der Waals surface area contributed by atoms with Gasteiger partial charge in [-0.1, -0.05) is 18.2 Å². The van der Waals surface area contributed by atoms with E-state index in [2.05, 4.69) is 34.3 Å². The number of rotatable bonds is 5. The van der Waals surface area contributed by atoms with Crippen molar-refractivity contribution >= 4 is 36.0 Å². The lowest BCUT2D eigenvalue weighted by Crippen LogP contribution is -2.53. The van der Waals surface area contributed by atoms with Crippen molar-refractivity contribution in [2.24, 2.45) is 4.99 Å². The number of carbonyl (C=O) groups is 1. The number of halogens is 1. The Hall–Kier alpha value is -2.30. The molecule has 9 heteroatoms. The molecule has 0 saturated carbocycles. The van der Waals surface area contributed by atoms with E-state index in [-0.39, 0.29) is 30.1 Å². The molecule has 1 saturated heterocycles. The summed E-state index contributed by atoms with van der Waals surface area (Å²) in [6, 6.07) is 8.19. The number of benzene rings is 1. The second kappa shape index (κ2) is 11.6. The van der Waals surface area contributed by atoms with Crippen molar-refractivity contribution in [2.75, 3.05) is 39.3 Å². The van der Waals surface area contributed by atoms with Crippen LogP contribution in [0.2, 0.25) is 0 Å². The SMILES string of the molecule is CCNC(=NCc1ccccc1-n1ccnc1)N1CCN(C(=O)OCC)CC1.I. The van der Waals surface area contributed by atoms with Gasteiger partial charge in [0.15, 0.2) is 5.96 Å². The molecule has 1 aliphatic heterocycles. The molecule has 2 aromatic rings. The molecule has 0 spiro atoms. The zero-order valence-electron chi connectivity index (χ0n) is 17.0. The molecule has 0 atom stereocenters. The lowest BCUT2D eigenvalue weighted by atomic mass is 10.2. The zero-order valence-corrected chi connectivity index (χ0v) is 19.3. The van der Waals surface area contributed by atoms with Gasteiger partial charge in [-0.25, -0.2) is 14.8 Å². The molecule has 0 unspecified atom stereocenters. The van der Waals surface area contributed by atoms with Gasteiger partial charge in [0.25, 0.3) is 0 Å². The quantitative estimate of drug-likeness (QED) is 0.379. The van der Waals surface area contributed by atoms with Gasteiger partial charge < -0.3 is 24.4 Å². The van der Waals surface area contributed by atoms with E-state index in [0.29, 0.717) is 26.2 Å². The third-order valence-corrected chi connectivity index (χ3v) is 4.61. The largest absolute Gasteiger partial charge is 0.450 e. The average Bonchev–Trinajstić information content (AvgIpc) is 3.26. The van der Waals surface area contributed by atoms with Crippen LogP contribution in [0.4, 0.5) is 4.79 Å². The molecule has 1 fully saturated rings. The number of aliphatic imine (C=N–C) groups is 1. The number of imidazole rings is 1. The number of piperazine rings is 1. The van der Waals surface area contributed by atoms with E-state index in [0.717, 1.165) is 36.8 Å². The Bertz CT molecular complexity index is 788. The van der Waals surface area contributed by atoms with Crippen LogP contribution in [-0.4, -0.2) is 70.7 Å². The van der Waals surface area contributed by atoms with Crippen molar-refractivity contribution < 1.29 is 9.53 Å². The Morgan fingerprint density at radius 1 is 1.17 bits per heavy atom. The summed E-state index contributed by atoms with van der Waals surface area (Å²) in [5, 5.41) is 3.37. The molecule has 1 aromatic carbocycles. The Morgan fingerprint density at radius 3 is 2.55 bits per heavy atom. The van der Waals surface area contributed by atoms with Crippen LogP contribution in [0.15, 0.2) is 48.0 Å². The van der Waals surface area contributed by atoms with Crippen molar-refractivity contribution in [2.45, 2.75) is 20.4 Å². The fourth-order valence-corrected chi connectivity index (χ4v) is 3.20. The summed E-state index contributed by atoms with van der Waals surface area (Å²) in [6.07, 6.45) is 5.26. The first-order valence-corrected chi connectivity index (χ1v) is 9.74. The third kappa shape index (κ3) is 6.09. The highest BCUT2D eigenvalue weighted by molar-refractivity contribution is 14.0. The van der Waals surface area contributed by atoms with E-state index in [4.69, 9.17) is 9.73 Å². The maximum absolute atomic E-state index is 11.9. The minimum atomic E-state index is -0.238. The summed E-state index contributed by atoms with van der Waals surface area (Å²) in [4.78, 5) is 24.8. The second-order valence-electron chi connectivity index (χ2n) is 6.44. The molecule has 0 aliphatic carbocycles. The maximum Gasteiger partial charge on any atom is 0.409 e. The first-order chi connectivity index (χ1) is 13.7. The van der Waals surface area contributed by atoms with Crippen molar-refractivity contribution in [1.29, 1.82) is 0 Å². The van der Waals surface area contributed by atoms with E-state index in [1.54, 1.807) is 17.4 Å². The van der Waals surface area contributed by atoms with E-state index < -0.39 is 0 Å². The van der Waals surface area contributed by atoms with Gasteiger partial charge in [0.2, 0.25) is 0 Å². The fraction of sp³-hybridized carbons (Fsp3) is 0.450. The van der Waals surface area contributed by atoms with Crippen LogP contribution in [0.3, 0.4) is 0 Å². The van der Waals surface area contributed by atoms with Gasteiger partial charge in [0.1, 0.15) is 0 Å². The van der Waals surface area contributed by atoms with Crippen molar-refractivity contribution in [3.8, 4) is 5.69 Å². The molecule has 0 bridgehead atoms. The lowest BCUT2D eigenvalue weighted by Gasteiger charge is -2.35. The molecule has 0 radical (unpaired) electrons. The van der Waals surface area contributed by atoms with Gasteiger partial charge in [-0.05, 0) is 25.5 Å². The summed E-state index contributed by atoms with van der Waals surface area (Å²) in [5.41, 5.74) is 2.20. The molecule has 3 rings (SSSR count). The number of ether oxygens (including phenoxy) is 1. The fourth-order valence-electron chi connectivity index (χ4n) is 3.20. The van der Waals surface area contributed by atoms with Crippen molar-refractivity contribution in [3.63, 3.8) is 0 Å². The summed E-state index contributed by atoms with van der Waals surface area (Å²) in [5.74, 6) is 0.867. The van der Waals surface area contributed by atoms with Crippen LogP contribution in [0.5, 0.6) is 0 Å². The minimum absolute atomic E-state index is 0. The highest BCUT2D eigenvalue weighted by atomic mass is 127. The maximum atomic E-state index is 11.9. The Balaban J connectivity index is 0.00000300. The van der Waals surface area contributed by atoms with E-state index in [9.17, 15) is 4.79 Å². The van der Waals surface area contributed by atoms with Crippen LogP contribution in [0, 0.1) is 0 Å². The Kier molecular flexibility index (Phi) is 9.23. The summed E-state index contributed by atoms with van der Waals surface area (Å²) in [6.45, 7) is 8.37. The van der Waals surface area contributed by atoms with Crippen molar-refractivity contribution in [1.82, 2.24) is 24.7 Å². The lowest BCUT2D eigenvalue weighted by molar-refractivity contribution is 0.0914. The van der Waals surface area contributed by atoms with Gasteiger partial charge in [0, 0.05) is 45.1 Å². The molecular weight excluding hydrogens is 483 g/mol. The van der Waals surface area contributed by atoms with Crippen LogP contribution in [-0.2, 0) is 11.3 Å². The smallest absolute Gasteiger partial charge is 0.409 e. The normalized spacial score (nSPS) is 14.3. The summed E-state index contributed by atoms with van der Waals surface area (Å²) >= 11 is 0. The molecule has 29 heavy (non-hydrogen) atoms. The van der Waals surface area contributed by atoms with Crippen LogP contribution in [0.25, 0.3) is 5.69 Å². The van der Waals surface area contributed by atoms with Crippen LogP contribution < -0.4 is 5.32 Å². The summed E-state index contributed by atoms with van der Waals surface area (Å²) < 4.78 is 7.09. The van der Waals surface area contributed by atoms with Crippen molar-refractivity contribution in [3.05, 3.63) is 48.5 Å². The van der Waals surface area contributed by atoms with Gasteiger partial charge in [-0.3, -0.25) is 0 Å². The topological polar surface area (TPSA) is 75.0 Å². The highest BCUT2D eigenvalue weighted by Crippen LogP contribution is 2.15. The van der Waals surface area contributed by atoms with E-state index in [1.165, 1.54) is 0 Å². The predicted octanol–water partition coefficient (Wildman–Crippen LogP) is 2.73. The first kappa shape index (κ1) is 23.0. The molecule has 158 valence electrons. The van der Waals surface area contributed by atoms with Gasteiger partial charge in [0.05, 0.1) is 25.2 Å².